The van der Waals surface area contributed by atoms with Gasteiger partial charge in [-0.3, -0.25) is 0 Å². The molecule has 0 heterocycles. The summed E-state index contributed by atoms with van der Waals surface area (Å²) in [5, 5.41) is 0.835. The maximum atomic E-state index is 5.39. The highest BCUT2D eigenvalue weighted by Crippen LogP contribution is 2.17. The molecule has 0 unspecified atom stereocenters. The standard InChI is InChI=1S/C11H13BrO2/c1-2-8-13-10-3-5-11(6-4-10)14-9-7-12/h2-6H,1,7-9H2. The van der Waals surface area contributed by atoms with E-state index >= 15 is 0 Å². The number of ether oxygens (including phenoxy) is 2. The smallest absolute Gasteiger partial charge is 0.120 e. The van der Waals surface area contributed by atoms with Gasteiger partial charge in [-0.15, -0.1) is 0 Å². The van der Waals surface area contributed by atoms with Crippen LogP contribution in [-0.4, -0.2) is 18.5 Å². The van der Waals surface area contributed by atoms with Crippen LogP contribution in [0, 0.1) is 0 Å². The monoisotopic (exact) mass is 256 g/mol. The van der Waals surface area contributed by atoms with Crippen LogP contribution in [0.4, 0.5) is 0 Å². The molecule has 76 valence electrons. The highest BCUT2D eigenvalue weighted by molar-refractivity contribution is 9.09. The molecule has 0 radical (unpaired) electrons. The van der Waals surface area contributed by atoms with Crippen LogP contribution >= 0.6 is 15.9 Å². The van der Waals surface area contributed by atoms with E-state index in [1.165, 1.54) is 0 Å². The van der Waals surface area contributed by atoms with Crippen molar-refractivity contribution >= 4 is 15.9 Å². The molecule has 0 atom stereocenters. The average Bonchev–Trinajstić information content (AvgIpc) is 2.25. The Morgan fingerprint density at radius 3 is 2.21 bits per heavy atom. The van der Waals surface area contributed by atoms with Gasteiger partial charge in [0.05, 0.1) is 6.61 Å². The Hall–Kier alpha value is -0.960. The number of benzene rings is 1. The van der Waals surface area contributed by atoms with E-state index < -0.39 is 0 Å². The van der Waals surface area contributed by atoms with Crippen molar-refractivity contribution in [2.24, 2.45) is 0 Å². The second-order valence-corrected chi connectivity index (χ2v) is 3.40. The molecule has 0 N–H and O–H groups in total. The first kappa shape index (κ1) is 11.1. The number of alkyl halides is 1. The molecule has 1 aromatic carbocycles. The minimum Gasteiger partial charge on any atom is -0.493 e. The number of hydrogen-bond donors (Lipinski definition) is 0. The minimum atomic E-state index is 0.529. The molecule has 0 bridgehead atoms. The summed E-state index contributed by atoms with van der Waals surface area (Å²) < 4.78 is 10.7. The van der Waals surface area contributed by atoms with Crippen molar-refractivity contribution in [1.29, 1.82) is 0 Å². The zero-order valence-corrected chi connectivity index (χ0v) is 9.50. The normalized spacial score (nSPS) is 9.50. The number of hydrogen-bond acceptors (Lipinski definition) is 2. The Bertz CT molecular complexity index is 269. The lowest BCUT2D eigenvalue weighted by Crippen LogP contribution is -1.97. The second-order valence-electron chi connectivity index (χ2n) is 2.61. The first-order valence-corrected chi connectivity index (χ1v) is 5.51. The van der Waals surface area contributed by atoms with Crippen LogP contribution in [0.3, 0.4) is 0 Å². The summed E-state index contributed by atoms with van der Waals surface area (Å²) in [6.45, 7) is 4.78. The lowest BCUT2D eigenvalue weighted by atomic mass is 10.3. The van der Waals surface area contributed by atoms with Crippen LogP contribution < -0.4 is 9.47 Å². The highest BCUT2D eigenvalue weighted by Gasteiger charge is 1.94. The second kappa shape index (κ2) is 6.49. The molecule has 0 aliphatic rings. The maximum absolute atomic E-state index is 5.39. The van der Waals surface area contributed by atoms with Crippen molar-refractivity contribution in [3.8, 4) is 11.5 Å². The predicted octanol–water partition coefficient (Wildman–Crippen LogP) is 3.03. The molecule has 0 saturated heterocycles. The molecular formula is C11H13BrO2. The van der Waals surface area contributed by atoms with Gasteiger partial charge < -0.3 is 9.47 Å². The summed E-state index contributed by atoms with van der Waals surface area (Å²) >= 11 is 3.29. The predicted molar refractivity (Wildman–Crippen MR) is 61.4 cm³/mol. The largest absolute Gasteiger partial charge is 0.493 e. The van der Waals surface area contributed by atoms with Crippen LogP contribution in [0.2, 0.25) is 0 Å². The van der Waals surface area contributed by atoms with Crippen LogP contribution in [-0.2, 0) is 0 Å². The van der Waals surface area contributed by atoms with Crippen molar-refractivity contribution in [3.63, 3.8) is 0 Å². The van der Waals surface area contributed by atoms with E-state index in [9.17, 15) is 0 Å². The summed E-state index contributed by atoms with van der Waals surface area (Å²) in [4.78, 5) is 0. The van der Waals surface area contributed by atoms with Crippen LogP contribution in [0.1, 0.15) is 0 Å². The third-order valence-electron chi connectivity index (χ3n) is 1.54. The molecule has 0 amide bonds. The van der Waals surface area contributed by atoms with Gasteiger partial charge in [0.1, 0.15) is 18.1 Å². The van der Waals surface area contributed by atoms with E-state index in [4.69, 9.17) is 9.47 Å². The molecule has 1 aromatic rings. The molecular weight excluding hydrogens is 244 g/mol. The van der Waals surface area contributed by atoms with Crippen molar-refractivity contribution in [2.45, 2.75) is 0 Å². The highest BCUT2D eigenvalue weighted by atomic mass is 79.9. The Balaban J connectivity index is 2.46. The van der Waals surface area contributed by atoms with Gasteiger partial charge in [-0.25, -0.2) is 0 Å². The fraction of sp³-hybridized carbons (Fsp3) is 0.273. The van der Waals surface area contributed by atoms with Crippen molar-refractivity contribution < 1.29 is 9.47 Å². The van der Waals surface area contributed by atoms with E-state index in [0.29, 0.717) is 13.2 Å². The van der Waals surface area contributed by atoms with Crippen LogP contribution in [0.25, 0.3) is 0 Å². The number of rotatable bonds is 6. The fourth-order valence-electron chi connectivity index (χ4n) is 0.944. The topological polar surface area (TPSA) is 18.5 Å². The van der Waals surface area contributed by atoms with Gasteiger partial charge in [-0.1, -0.05) is 28.6 Å². The number of halogens is 1. The van der Waals surface area contributed by atoms with E-state index in [0.717, 1.165) is 16.8 Å². The zero-order chi connectivity index (χ0) is 10.2. The van der Waals surface area contributed by atoms with Crippen molar-refractivity contribution in [1.82, 2.24) is 0 Å². The lowest BCUT2D eigenvalue weighted by Gasteiger charge is -2.05. The molecule has 14 heavy (non-hydrogen) atoms. The third kappa shape index (κ3) is 3.83. The first-order valence-electron chi connectivity index (χ1n) is 4.39. The molecule has 1 rings (SSSR count). The Morgan fingerprint density at radius 2 is 1.71 bits per heavy atom. The van der Waals surface area contributed by atoms with E-state index in [2.05, 4.69) is 22.5 Å². The zero-order valence-electron chi connectivity index (χ0n) is 7.91. The van der Waals surface area contributed by atoms with E-state index in [-0.39, 0.29) is 0 Å². The average molecular weight is 257 g/mol. The molecule has 2 nitrogen and oxygen atoms in total. The summed E-state index contributed by atoms with van der Waals surface area (Å²) in [5.74, 6) is 1.69. The molecule has 0 aliphatic heterocycles. The Morgan fingerprint density at radius 1 is 1.14 bits per heavy atom. The first-order chi connectivity index (χ1) is 6.86. The van der Waals surface area contributed by atoms with Gasteiger partial charge in [0, 0.05) is 5.33 Å². The van der Waals surface area contributed by atoms with Gasteiger partial charge in [0.25, 0.3) is 0 Å². The summed E-state index contributed by atoms with van der Waals surface area (Å²) in [7, 11) is 0. The summed E-state index contributed by atoms with van der Waals surface area (Å²) in [5.41, 5.74) is 0. The fourth-order valence-corrected chi connectivity index (χ4v) is 1.11. The molecule has 0 aromatic heterocycles. The van der Waals surface area contributed by atoms with Crippen molar-refractivity contribution in [2.75, 3.05) is 18.5 Å². The SMILES string of the molecule is C=CCOc1ccc(OCCBr)cc1. The van der Waals surface area contributed by atoms with Crippen LogP contribution in [0.5, 0.6) is 11.5 Å². The molecule has 0 spiro atoms. The Kier molecular flexibility index (Phi) is 5.15. The van der Waals surface area contributed by atoms with E-state index in [1.807, 2.05) is 24.3 Å². The summed E-state index contributed by atoms with van der Waals surface area (Å²) in [6.07, 6.45) is 1.72. The van der Waals surface area contributed by atoms with Crippen LogP contribution in [0.15, 0.2) is 36.9 Å². The quantitative estimate of drug-likeness (QED) is 0.576. The molecule has 0 fully saturated rings. The lowest BCUT2D eigenvalue weighted by molar-refractivity contribution is 0.340. The maximum Gasteiger partial charge on any atom is 0.120 e. The third-order valence-corrected chi connectivity index (χ3v) is 1.86. The molecule has 0 aliphatic carbocycles. The Labute approximate surface area is 92.7 Å². The molecule has 0 saturated carbocycles. The minimum absolute atomic E-state index is 0.529. The van der Waals surface area contributed by atoms with Gasteiger partial charge in [-0.05, 0) is 24.3 Å². The van der Waals surface area contributed by atoms with Gasteiger partial charge in [0.15, 0.2) is 0 Å². The molecule has 3 heteroatoms. The van der Waals surface area contributed by atoms with Gasteiger partial charge in [0.2, 0.25) is 0 Å². The van der Waals surface area contributed by atoms with Crippen molar-refractivity contribution in [3.05, 3.63) is 36.9 Å². The van der Waals surface area contributed by atoms with Gasteiger partial charge in [-0.2, -0.15) is 0 Å². The van der Waals surface area contributed by atoms with E-state index in [1.54, 1.807) is 6.08 Å². The van der Waals surface area contributed by atoms with Gasteiger partial charge >= 0.3 is 0 Å². The summed E-state index contributed by atoms with van der Waals surface area (Å²) in [6, 6.07) is 7.54.